The number of hydrogen-bond acceptors (Lipinski definition) is 4. The third-order valence-electron chi connectivity index (χ3n) is 7.11. The van der Waals surface area contributed by atoms with Crippen molar-refractivity contribution in [1.82, 2.24) is 9.80 Å². The molecule has 0 aromatic carbocycles. The zero-order valence-corrected chi connectivity index (χ0v) is 24.0. The average Bonchev–Trinajstić information content (AvgIpc) is 2.83. The van der Waals surface area contributed by atoms with Gasteiger partial charge < -0.3 is 10.2 Å². The zero-order valence-electron chi connectivity index (χ0n) is 24.0. The summed E-state index contributed by atoms with van der Waals surface area (Å²) >= 11 is 0. The molecule has 0 saturated heterocycles. The molecule has 0 aliphatic carbocycles. The topological polar surface area (TPSA) is 81.1 Å². The molecular formula is C30H60N2O4. The average molecular weight is 513 g/mol. The maximum absolute atomic E-state index is 11.3. The van der Waals surface area contributed by atoms with Gasteiger partial charge in [0.25, 0.3) is 0 Å². The van der Waals surface area contributed by atoms with E-state index in [0.717, 1.165) is 38.8 Å². The van der Waals surface area contributed by atoms with Crippen LogP contribution >= 0.6 is 0 Å². The van der Waals surface area contributed by atoms with E-state index in [4.69, 9.17) is 0 Å². The fourth-order valence-electron chi connectivity index (χ4n) is 4.85. The number of carbonyl (C=O) groups is 2. The number of hydrogen-bond donors (Lipinski definition) is 2. The second-order valence-corrected chi connectivity index (χ2v) is 10.7. The summed E-state index contributed by atoms with van der Waals surface area (Å²) in [6.45, 7) is 7.37. The van der Waals surface area contributed by atoms with E-state index in [1.807, 2.05) is 9.80 Å². The number of carboxylic acids is 2. The minimum Gasteiger partial charge on any atom is -0.480 e. The van der Waals surface area contributed by atoms with Gasteiger partial charge in [-0.1, -0.05) is 129 Å². The summed E-state index contributed by atoms with van der Waals surface area (Å²) in [5, 5.41) is 18.6. The largest absolute Gasteiger partial charge is 0.480 e. The van der Waals surface area contributed by atoms with Gasteiger partial charge in [0.15, 0.2) is 0 Å². The summed E-state index contributed by atoms with van der Waals surface area (Å²) in [6.07, 6.45) is 25.3. The first-order valence-corrected chi connectivity index (χ1v) is 15.4. The number of rotatable bonds is 29. The molecule has 0 aliphatic heterocycles. The minimum absolute atomic E-state index is 0.0383. The minimum atomic E-state index is -0.804. The first kappa shape index (κ1) is 34.9. The van der Waals surface area contributed by atoms with Crippen LogP contribution in [0, 0.1) is 0 Å². The summed E-state index contributed by atoms with van der Waals surface area (Å²) < 4.78 is 0. The van der Waals surface area contributed by atoms with E-state index in [-0.39, 0.29) is 13.1 Å². The van der Waals surface area contributed by atoms with Gasteiger partial charge in [-0.3, -0.25) is 19.4 Å². The molecule has 0 radical (unpaired) electrons. The maximum atomic E-state index is 11.3. The first-order chi connectivity index (χ1) is 17.5. The molecular weight excluding hydrogens is 452 g/mol. The third kappa shape index (κ3) is 25.9. The standard InChI is InChI=1S/C30H60N2O4/c1-3-5-7-9-11-13-15-17-19-21-23-31(27-29(33)34)25-26-32(28-30(35)36)24-22-20-18-16-14-12-10-8-6-4-2/h3-28H2,1-2H3,(H,33,34)(H,35,36). The van der Waals surface area contributed by atoms with Crippen LogP contribution < -0.4 is 0 Å². The van der Waals surface area contributed by atoms with E-state index in [1.165, 1.54) is 103 Å². The van der Waals surface area contributed by atoms with E-state index in [1.54, 1.807) is 0 Å². The van der Waals surface area contributed by atoms with Crippen LogP contribution in [0.25, 0.3) is 0 Å². The van der Waals surface area contributed by atoms with Crippen LogP contribution in [-0.4, -0.2) is 71.2 Å². The quantitative estimate of drug-likeness (QED) is 0.100. The Morgan fingerprint density at radius 3 is 0.917 bits per heavy atom. The summed E-state index contributed by atoms with van der Waals surface area (Å²) in [7, 11) is 0. The van der Waals surface area contributed by atoms with Gasteiger partial charge in [0.2, 0.25) is 0 Å². The third-order valence-corrected chi connectivity index (χ3v) is 7.11. The Hall–Kier alpha value is -1.14. The molecule has 6 nitrogen and oxygen atoms in total. The lowest BCUT2D eigenvalue weighted by Gasteiger charge is -2.26. The number of nitrogens with zero attached hydrogens (tertiary/aromatic N) is 2. The van der Waals surface area contributed by atoms with Crippen molar-refractivity contribution < 1.29 is 19.8 Å². The van der Waals surface area contributed by atoms with Gasteiger partial charge in [-0.2, -0.15) is 0 Å². The van der Waals surface area contributed by atoms with Crippen LogP contribution in [0.2, 0.25) is 0 Å². The highest BCUT2D eigenvalue weighted by Gasteiger charge is 2.14. The van der Waals surface area contributed by atoms with Gasteiger partial charge in [0.1, 0.15) is 0 Å². The molecule has 0 aromatic heterocycles. The lowest BCUT2D eigenvalue weighted by molar-refractivity contribution is -0.140. The molecule has 0 rings (SSSR count). The lowest BCUT2D eigenvalue weighted by atomic mass is 10.1. The highest BCUT2D eigenvalue weighted by Crippen LogP contribution is 2.12. The highest BCUT2D eigenvalue weighted by atomic mass is 16.4. The van der Waals surface area contributed by atoms with Crippen LogP contribution in [-0.2, 0) is 9.59 Å². The van der Waals surface area contributed by atoms with Gasteiger partial charge in [-0.05, 0) is 25.9 Å². The molecule has 0 amide bonds. The Morgan fingerprint density at radius 2 is 0.667 bits per heavy atom. The first-order valence-electron chi connectivity index (χ1n) is 15.4. The van der Waals surface area contributed by atoms with Crippen LogP contribution in [0.5, 0.6) is 0 Å². The molecule has 0 heterocycles. The fraction of sp³-hybridized carbons (Fsp3) is 0.933. The molecule has 6 heteroatoms. The predicted molar refractivity (Wildman–Crippen MR) is 152 cm³/mol. The SMILES string of the molecule is CCCCCCCCCCCCN(CCN(CCCCCCCCCCCC)CC(=O)O)CC(=O)O. The fourth-order valence-corrected chi connectivity index (χ4v) is 4.85. The summed E-state index contributed by atoms with van der Waals surface area (Å²) in [6, 6.07) is 0. The van der Waals surface area contributed by atoms with Crippen molar-refractivity contribution in [2.24, 2.45) is 0 Å². The lowest BCUT2D eigenvalue weighted by Crippen LogP contribution is -2.40. The molecule has 0 saturated carbocycles. The molecule has 0 fully saturated rings. The molecule has 0 bridgehead atoms. The van der Waals surface area contributed by atoms with Crippen LogP contribution in [0.4, 0.5) is 0 Å². The van der Waals surface area contributed by atoms with Crippen molar-refractivity contribution in [3.63, 3.8) is 0 Å². The van der Waals surface area contributed by atoms with Crippen LogP contribution in [0.15, 0.2) is 0 Å². The van der Waals surface area contributed by atoms with Crippen molar-refractivity contribution in [2.75, 3.05) is 39.3 Å². The van der Waals surface area contributed by atoms with Crippen molar-refractivity contribution in [3.8, 4) is 0 Å². The Balaban J connectivity index is 4.09. The number of aliphatic carboxylic acids is 2. The van der Waals surface area contributed by atoms with Crippen molar-refractivity contribution in [2.45, 2.75) is 142 Å². The van der Waals surface area contributed by atoms with Crippen LogP contribution in [0.1, 0.15) is 142 Å². The molecule has 0 aliphatic rings. The van der Waals surface area contributed by atoms with Crippen molar-refractivity contribution in [3.05, 3.63) is 0 Å². The van der Waals surface area contributed by atoms with E-state index < -0.39 is 11.9 Å². The predicted octanol–water partition coefficient (Wildman–Crippen LogP) is 7.60. The number of unbranched alkanes of at least 4 members (excludes halogenated alkanes) is 18. The zero-order chi connectivity index (χ0) is 26.7. The van der Waals surface area contributed by atoms with Gasteiger partial charge in [-0.15, -0.1) is 0 Å². The Bertz CT molecular complexity index is 457. The maximum Gasteiger partial charge on any atom is 0.317 e. The van der Waals surface area contributed by atoms with E-state index in [2.05, 4.69) is 13.8 Å². The van der Waals surface area contributed by atoms with Gasteiger partial charge in [0, 0.05) is 13.1 Å². The Labute approximate surface area is 223 Å². The van der Waals surface area contributed by atoms with Gasteiger partial charge in [0.05, 0.1) is 13.1 Å². The molecule has 36 heavy (non-hydrogen) atoms. The summed E-state index contributed by atoms with van der Waals surface area (Å²) in [4.78, 5) is 26.6. The van der Waals surface area contributed by atoms with Crippen molar-refractivity contribution >= 4 is 11.9 Å². The summed E-state index contributed by atoms with van der Waals surface area (Å²) in [5.41, 5.74) is 0. The van der Waals surface area contributed by atoms with Crippen molar-refractivity contribution in [1.29, 1.82) is 0 Å². The van der Waals surface area contributed by atoms with Gasteiger partial charge >= 0.3 is 11.9 Å². The monoisotopic (exact) mass is 512 g/mol. The van der Waals surface area contributed by atoms with Crippen LogP contribution in [0.3, 0.4) is 0 Å². The Kier molecular flexibility index (Phi) is 26.1. The molecule has 0 atom stereocenters. The molecule has 2 N–H and O–H groups in total. The summed E-state index contributed by atoms with van der Waals surface area (Å²) in [5.74, 6) is -1.61. The highest BCUT2D eigenvalue weighted by molar-refractivity contribution is 5.69. The molecule has 0 spiro atoms. The molecule has 214 valence electrons. The second-order valence-electron chi connectivity index (χ2n) is 10.7. The van der Waals surface area contributed by atoms with Gasteiger partial charge in [-0.25, -0.2) is 0 Å². The van der Waals surface area contributed by atoms with E-state index >= 15 is 0 Å². The van der Waals surface area contributed by atoms with E-state index in [0.29, 0.717) is 13.1 Å². The Morgan fingerprint density at radius 1 is 0.417 bits per heavy atom. The normalized spacial score (nSPS) is 11.6. The molecule has 0 aromatic rings. The van der Waals surface area contributed by atoms with E-state index in [9.17, 15) is 19.8 Å². The second kappa shape index (κ2) is 26.9. The number of carboxylic acid groups (broad SMARTS) is 2. The smallest absolute Gasteiger partial charge is 0.317 e. The molecule has 0 unspecified atom stereocenters.